The van der Waals surface area contributed by atoms with Crippen LogP contribution in [0.3, 0.4) is 0 Å². The van der Waals surface area contributed by atoms with Crippen LogP contribution >= 0.6 is 11.9 Å². The Morgan fingerprint density at radius 1 is 0.955 bits per heavy atom. The molecule has 1 aliphatic heterocycles. The number of rotatable bonds is 3. The van der Waals surface area contributed by atoms with Gasteiger partial charge in [0, 0.05) is 19.5 Å². The van der Waals surface area contributed by atoms with Gasteiger partial charge in [-0.05, 0) is 91.9 Å². The van der Waals surface area contributed by atoms with E-state index >= 15 is 0 Å². The van der Waals surface area contributed by atoms with Crippen molar-refractivity contribution in [2.24, 2.45) is 35.0 Å². The molecule has 0 radical (unpaired) electrons. The third-order valence-corrected chi connectivity index (χ3v) is 7.65. The highest BCUT2D eigenvalue weighted by Gasteiger charge is 2.51. The van der Waals surface area contributed by atoms with Crippen LogP contribution in [0.1, 0.15) is 65.2 Å². The van der Waals surface area contributed by atoms with Crippen molar-refractivity contribution in [3.63, 3.8) is 0 Å². The average molecular weight is 322 g/mol. The average Bonchev–Trinajstić information content (AvgIpc) is 2.33. The zero-order chi connectivity index (χ0) is 15.3. The van der Waals surface area contributed by atoms with Gasteiger partial charge in [0.2, 0.25) is 5.12 Å². The Balaban J connectivity index is 1.36. The molecule has 22 heavy (non-hydrogen) atoms. The second-order valence-corrected chi connectivity index (χ2v) is 10.5. The molecule has 1 saturated heterocycles. The molecule has 4 aliphatic carbocycles. The summed E-state index contributed by atoms with van der Waals surface area (Å²) in [6, 6.07) is 0. The maximum Gasteiger partial charge on any atom is 0.204 e. The fraction of sp³-hybridized carbons (Fsp3) is 0.947. The van der Waals surface area contributed by atoms with E-state index in [4.69, 9.17) is 0 Å². The first-order valence-corrected chi connectivity index (χ1v) is 10.2. The van der Waals surface area contributed by atoms with Gasteiger partial charge in [-0.25, -0.2) is 4.31 Å². The number of hydrogen-bond donors (Lipinski definition) is 0. The number of piperidine rings is 1. The van der Waals surface area contributed by atoms with Crippen LogP contribution in [0, 0.1) is 35.0 Å². The Bertz CT molecular complexity index is 403. The summed E-state index contributed by atoms with van der Waals surface area (Å²) in [5.41, 5.74) is 0.409. The van der Waals surface area contributed by atoms with Crippen LogP contribution in [0.15, 0.2) is 0 Å². The lowest BCUT2D eigenvalue weighted by Gasteiger charge is -2.56. The third-order valence-electron chi connectivity index (χ3n) is 6.75. The lowest BCUT2D eigenvalue weighted by molar-refractivity contribution is -0.119. The zero-order valence-electron chi connectivity index (χ0n) is 14.2. The second-order valence-electron chi connectivity index (χ2n) is 9.35. The van der Waals surface area contributed by atoms with E-state index in [9.17, 15) is 4.79 Å². The summed E-state index contributed by atoms with van der Waals surface area (Å²) in [6.45, 7) is 6.85. The molecule has 2 atom stereocenters. The molecule has 4 saturated carbocycles. The molecule has 124 valence electrons. The minimum Gasteiger partial charge on any atom is -0.286 e. The van der Waals surface area contributed by atoms with E-state index in [0.717, 1.165) is 49.1 Å². The predicted molar refractivity (Wildman–Crippen MR) is 92.3 cm³/mol. The van der Waals surface area contributed by atoms with Crippen LogP contribution in [0.2, 0.25) is 0 Å². The first-order valence-electron chi connectivity index (χ1n) is 9.45. The van der Waals surface area contributed by atoms with Crippen molar-refractivity contribution in [2.75, 3.05) is 13.1 Å². The molecule has 0 amide bonds. The maximum atomic E-state index is 12.7. The highest BCUT2D eigenvalue weighted by atomic mass is 32.2. The van der Waals surface area contributed by atoms with Gasteiger partial charge in [-0.2, -0.15) is 0 Å². The van der Waals surface area contributed by atoms with Gasteiger partial charge in [-0.3, -0.25) is 4.79 Å². The zero-order valence-corrected chi connectivity index (χ0v) is 15.0. The summed E-state index contributed by atoms with van der Waals surface area (Å²) in [7, 11) is 0. The Kier molecular flexibility index (Phi) is 4.09. The van der Waals surface area contributed by atoms with Crippen LogP contribution in [-0.2, 0) is 4.79 Å². The van der Waals surface area contributed by atoms with Crippen molar-refractivity contribution < 1.29 is 4.79 Å². The van der Waals surface area contributed by atoms with E-state index in [1.807, 2.05) is 0 Å². The van der Waals surface area contributed by atoms with Crippen molar-refractivity contribution in [1.82, 2.24) is 4.31 Å². The number of nitrogens with zero attached hydrogens (tertiary/aromatic N) is 1. The molecule has 0 aromatic heterocycles. The Morgan fingerprint density at radius 3 is 1.95 bits per heavy atom. The first kappa shape index (κ1) is 15.5. The van der Waals surface area contributed by atoms with Gasteiger partial charge in [-0.15, -0.1) is 0 Å². The monoisotopic (exact) mass is 321 g/mol. The van der Waals surface area contributed by atoms with E-state index in [1.165, 1.54) is 44.9 Å². The summed E-state index contributed by atoms with van der Waals surface area (Å²) in [5.74, 6) is 4.35. The van der Waals surface area contributed by atoms with Gasteiger partial charge < -0.3 is 0 Å². The van der Waals surface area contributed by atoms with Gasteiger partial charge in [0.25, 0.3) is 0 Å². The standard InChI is InChI=1S/C19H31NOS/c1-13-3-14(2)12-20(11-13)22-18(21)10-19-7-15-4-16(8-19)6-17(5-15)9-19/h13-17H,3-12H2,1-2H3. The first-order chi connectivity index (χ1) is 10.5. The van der Waals surface area contributed by atoms with Gasteiger partial charge in [0.15, 0.2) is 0 Å². The van der Waals surface area contributed by atoms with Gasteiger partial charge in [-0.1, -0.05) is 13.8 Å². The predicted octanol–water partition coefficient (Wildman–Crippen LogP) is 4.75. The van der Waals surface area contributed by atoms with Crippen molar-refractivity contribution in [3.05, 3.63) is 0 Å². The van der Waals surface area contributed by atoms with Crippen LogP contribution in [0.4, 0.5) is 0 Å². The van der Waals surface area contributed by atoms with Crippen molar-refractivity contribution in [2.45, 2.75) is 65.2 Å². The summed E-state index contributed by atoms with van der Waals surface area (Å²) < 4.78 is 2.36. The van der Waals surface area contributed by atoms with E-state index in [1.54, 1.807) is 11.9 Å². The summed E-state index contributed by atoms with van der Waals surface area (Å²) in [5, 5.41) is 0.461. The summed E-state index contributed by atoms with van der Waals surface area (Å²) in [4.78, 5) is 12.7. The van der Waals surface area contributed by atoms with Gasteiger partial charge in [0.1, 0.15) is 0 Å². The van der Waals surface area contributed by atoms with Crippen LogP contribution < -0.4 is 0 Å². The maximum absolute atomic E-state index is 12.7. The third kappa shape index (κ3) is 3.13. The van der Waals surface area contributed by atoms with E-state index in [0.29, 0.717) is 10.5 Å². The molecule has 0 aromatic rings. The highest BCUT2D eigenvalue weighted by Crippen LogP contribution is 2.61. The second kappa shape index (κ2) is 5.81. The molecule has 5 fully saturated rings. The number of carbonyl (C=O) groups is 1. The van der Waals surface area contributed by atoms with Gasteiger partial charge in [0.05, 0.1) is 0 Å². The number of carbonyl (C=O) groups excluding carboxylic acids is 1. The molecule has 2 nitrogen and oxygen atoms in total. The van der Waals surface area contributed by atoms with Gasteiger partial charge >= 0.3 is 0 Å². The van der Waals surface area contributed by atoms with E-state index in [-0.39, 0.29) is 0 Å². The van der Waals surface area contributed by atoms with Crippen molar-refractivity contribution in [1.29, 1.82) is 0 Å². The fourth-order valence-electron chi connectivity index (χ4n) is 6.67. The summed E-state index contributed by atoms with van der Waals surface area (Å²) in [6.07, 6.45) is 10.7. The highest BCUT2D eigenvalue weighted by molar-refractivity contribution is 8.11. The molecule has 3 heteroatoms. The molecule has 2 unspecified atom stereocenters. The molecular weight excluding hydrogens is 290 g/mol. The largest absolute Gasteiger partial charge is 0.286 e. The van der Waals surface area contributed by atoms with Crippen molar-refractivity contribution >= 4 is 17.1 Å². The number of hydrogen-bond acceptors (Lipinski definition) is 3. The molecule has 0 spiro atoms. The van der Waals surface area contributed by atoms with E-state index < -0.39 is 0 Å². The quantitative estimate of drug-likeness (QED) is 0.700. The lowest BCUT2D eigenvalue weighted by Crippen LogP contribution is -2.47. The molecular formula is C19H31NOS. The van der Waals surface area contributed by atoms with Crippen LogP contribution in [-0.4, -0.2) is 22.5 Å². The minimum atomic E-state index is 0.409. The van der Waals surface area contributed by atoms with Crippen LogP contribution in [0.25, 0.3) is 0 Å². The minimum absolute atomic E-state index is 0.409. The topological polar surface area (TPSA) is 20.3 Å². The SMILES string of the molecule is CC1CC(C)CN(SC(=O)CC23CC4CC(CC(C4)C2)C3)C1. The fourth-order valence-corrected chi connectivity index (χ4v) is 7.99. The summed E-state index contributed by atoms with van der Waals surface area (Å²) >= 11 is 1.57. The van der Waals surface area contributed by atoms with Crippen LogP contribution in [0.5, 0.6) is 0 Å². The molecule has 0 aromatic carbocycles. The van der Waals surface area contributed by atoms with Crippen molar-refractivity contribution in [3.8, 4) is 0 Å². The molecule has 5 rings (SSSR count). The Morgan fingerprint density at radius 2 is 1.45 bits per heavy atom. The Hall–Kier alpha value is -0.0200. The smallest absolute Gasteiger partial charge is 0.204 e. The molecule has 0 N–H and O–H groups in total. The van der Waals surface area contributed by atoms with E-state index in [2.05, 4.69) is 18.2 Å². The molecule has 1 heterocycles. The lowest BCUT2D eigenvalue weighted by atomic mass is 9.49. The molecule has 4 bridgehead atoms. The normalized spacial score (nSPS) is 47.8. The molecule has 5 aliphatic rings. The Labute approximate surface area is 139 Å².